The van der Waals surface area contributed by atoms with Crippen molar-refractivity contribution in [2.75, 3.05) is 0 Å². The number of aromatic carboxylic acids is 1. The third-order valence-corrected chi connectivity index (χ3v) is 3.12. The Hall–Kier alpha value is -2.44. The lowest BCUT2D eigenvalue weighted by Crippen LogP contribution is -2.28. The van der Waals surface area contributed by atoms with Crippen LogP contribution in [-0.4, -0.2) is 39.0 Å². The molecule has 18 heavy (non-hydrogen) atoms. The maximum atomic E-state index is 10.9. The molecular weight excluding hydrogens is 235 g/mol. The van der Waals surface area contributed by atoms with Gasteiger partial charge in [-0.3, -0.25) is 0 Å². The number of allylic oxidation sites excluding steroid dienone is 1. The summed E-state index contributed by atoms with van der Waals surface area (Å²) in [5, 5.41) is 17.9. The van der Waals surface area contributed by atoms with Crippen LogP contribution in [0.25, 0.3) is 6.08 Å². The first kappa shape index (κ1) is 10.7. The predicted octanol–water partition coefficient (Wildman–Crippen LogP) is 0.330. The van der Waals surface area contributed by atoms with Crippen molar-refractivity contribution in [3.8, 4) is 0 Å². The number of carboxylic acids is 2. The Morgan fingerprint density at radius 2 is 2.06 bits per heavy atom. The number of aliphatic carboxylic acids is 1. The number of hydrogen-bond donors (Lipinski definition) is 2. The van der Waals surface area contributed by atoms with E-state index in [1.807, 2.05) is 10.9 Å². The van der Waals surface area contributed by atoms with Gasteiger partial charge in [0.25, 0.3) is 0 Å². The molecule has 0 fully saturated rings. The highest BCUT2D eigenvalue weighted by Gasteiger charge is 2.27. The summed E-state index contributed by atoms with van der Waals surface area (Å²) in [6.45, 7) is 0. The van der Waals surface area contributed by atoms with Gasteiger partial charge in [-0.15, -0.1) is 0 Å². The fourth-order valence-electron chi connectivity index (χ4n) is 2.23. The molecule has 0 radical (unpaired) electrons. The van der Waals surface area contributed by atoms with Crippen molar-refractivity contribution < 1.29 is 19.8 Å². The lowest BCUT2D eigenvalue weighted by Gasteiger charge is -2.23. The fourth-order valence-corrected chi connectivity index (χ4v) is 2.23. The van der Waals surface area contributed by atoms with E-state index in [2.05, 4.69) is 0 Å². The SMILES string of the molecule is O=C(O)C1=CN2Bn3cc(C(=O)O)cc3C=C2C1. The molecule has 0 bridgehead atoms. The minimum absolute atomic E-state index is 0.241. The summed E-state index contributed by atoms with van der Waals surface area (Å²) in [6, 6.07) is 1.59. The molecule has 3 heterocycles. The lowest BCUT2D eigenvalue weighted by atomic mass is 10.0. The van der Waals surface area contributed by atoms with Gasteiger partial charge in [-0.05, 0) is 12.1 Å². The third-order valence-electron chi connectivity index (χ3n) is 3.12. The van der Waals surface area contributed by atoms with Gasteiger partial charge in [-0.25, -0.2) is 9.59 Å². The zero-order chi connectivity index (χ0) is 12.9. The van der Waals surface area contributed by atoms with E-state index < -0.39 is 11.9 Å². The summed E-state index contributed by atoms with van der Waals surface area (Å²) < 4.78 is 1.79. The Labute approximate surface area is 103 Å². The molecule has 1 aromatic rings. The van der Waals surface area contributed by atoms with E-state index in [4.69, 9.17) is 10.2 Å². The standard InChI is InChI=1S/C11H9BN2O4/c15-10(16)6-1-8-3-9-2-7(11(17)18)5-14(9)12-13(8)4-6/h1,3-5,12H,2H2,(H,15,16)(H,17,18). The first-order valence-electron chi connectivity index (χ1n) is 5.39. The van der Waals surface area contributed by atoms with Gasteiger partial charge in [0.1, 0.15) is 0 Å². The molecule has 3 rings (SSSR count). The molecule has 0 saturated carbocycles. The van der Waals surface area contributed by atoms with E-state index in [1.165, 1.54) is 0 Å². The zero-order valence-electron chi connectivity index (χ0n) is 9.33. The van der Waals surface area contributed by atoms with E-state index in [1.54, 1.807) is 22.9 Å². The molecule has 0 spiro atoms. The van der Waals surface area contributed by atoms with Gasteiger partial charge in [0.05, 0.1) is 11.1 Å². The molecular formula is C11H9BN2O4. The monoisotopic (exact) mass is 244 g/mol. The number of nitrogens with zero attached hydrogens (tertiary/aromatic N) is 2. The number of rotatable bonds is 2. The van der Waals surface area contributed by atoms with Gasteiger partial charge in [-0.1, -0.05) is 0 Å². The van der Waals surface area contributed by atoms with Crippen LogP contribution in [0.4, 0.5) is 0 Å². The molecule has 1 aromatic heterocycles. The predicted molar refractivity (Wildman–Crippen MR) is 64.1 cm³/mol. The Kier molecular flexibility index (Phi) is 2.10. The average molecular weight is 244 g/mol. The highest BCUT2D eigenvalue weighted by atomic mass is 16.4. The molecule has 6 nitrogen and oxygen atoms in total. The van der Waals surface area contributed by atoms with Crippen LogP contribution in [0, 0.1) is 0 Å². The largest absolute Gasteiger partial charge is 0.478 e. The smallest absolute Gasteiger partial charge is 0.364 e. The average Bonchev–Trinajstić information content (AvgIpc) is 2.87. The Morgan fingerprint density at radius 3 is 2.72 bits per heavy atom. The van der Waals surface area contributed by atoms with E-state index in [-0.39, 0.29) is 5.56 Å². The van der Waals surface area contributed by atoms with Crippen molar-refractivity contribution in [2.24, 2.45) is 0 Å². The molecule has 2 aliphatic rings. The van der Waals surface area contributed by atoms with Crippen LogP contribution in [-0.2, 0) is 4.79 Å². The summed E-state index contributed by atoms with van der Waals surface area (Å²) in [5.41, 5.74) is 2.27. The molecule has 2 aliphatic heterocycles. The van der Waals surface area contributed by atoms with E-state index in [0.717, 1.165) is 11.4 Å². The zero-order valence-corrected chi connectivity index (χ0v) is 9.33. The number of hydrogen-bond acceptors (Lipinski definition) is 3. The highest BCUT2D eigenvalue weighted by Crippen LogP contribution is 2.30. The molecule has 0 aliphatic carbocycles. The highest BCUT2D eigenvalue weighted by molar-refractivity contribution is 6.33. The first-order chi connectivity index (χ1) is 8.54. The minimum Gasteiger partial charge on any atom is -0.478 e. The van der Waals surface area contributed by atoms with Gasteiger partial charge in [0.15, 0.2) is 0 Å². The fraction of sp³-hybridized carbons (Fsp3) is 0.0909. The van der Waals surface area contributed by atoms with Crippen molar-refractivity contribution in [3.05, 3.63) is 41.0 Å². The third kappa shape index (κ3) is 1.52. The Bertz CT molecular complexity index is 629. The molecule has 0 unspecified atom stereocenters. The van der Waals surface area contributed by atoms with Gasteiger partial charge >= 0.3 is 19.5 Å². The second-order valence-corrected chi connectivity index (χ2v) is 4.31. The van der Waals surface area contributed by atoms with Crippen molar-refractivity contribution >= 4 is 25.6 Å². The van der Waals surface area contributed by atoms with Gasteiger partial charge < -0.3 is 19.5 Å². The van der Waals surface area contributed by atoms with Crippen LogP contribution in [0.5, 0.6) is 0 Å². The quantitative estimate of drug-likeness (QED) is 0.732. The molecule has 2 N–H and O–H groups in total. The van der Waals surface area contributed by atoms with Crippen LogP contribution in [0.15, 0.2) is 29.7 Å². The minimum atomic E-state index is -0.961. The van der Waals surface area contributed by atoms with Crippen molar-refractivity contribution in [1.29, 1.82) is 0 Å². The summed E-state index contributed by atoms with van der Waals surface area (Å²) in [5.74, 6) is -1.88. The summed E-state index contributed by atoms with van der Waals surface area (Å²) in [4.78, 5) is 23.6. The van der Waals surface area contributed by atoms with Gasteiger partial charge in [0, 0.05) is 30.2 Å². The number of carboxylic acid groups (broad SMARTS) is 2. The van der Waals surface area contributed by atoms with Crippen LogP contribution in [0.1, 0.15) is 22.5 Å². The maximum absolute atomic E-state index is 10.9. The maximum Gasteiger partial charge on any atom is 0.364 e. The van der Waals surface area contributed by atoms with E-state index in [9.17, 15) is 9.59 Å². The van der Waals surface area contributed by atoms with Crippen LogP contribution in [0.2, 0.25) is 0 Å². The number of carbonyl (C=O) groups is 2. The van der Waals surface area contributed by atoms with Gasteiger partial charge in [-0.2, -0.15) is 0 Å². The molecule has 0 aromatic carbocycles. The molecule has 0 saturated heterocycles. The first-order valence-corrected chi connectivity index (χ1v) is 5.39. The second kappa shape index (κ2) is 3.53. The topological polar surface area (TPSA) is 82.8 Å². The van der Waals surface area contributed by atoms with Gasteiger partial charge in [0.2, 0.25) is 0 Å². The summed E-state index contributed by atoms with van der Waals surface area (Å²) >= 11 is 0. The van der Waals surface area contributed by atoms with E-state index >= 15 is 0 Å². The molecule has 0 amide bonds. The second-order valence-electron chi connectivity index (χ2n) is 4.31. The van der Waals surface area contributed by atoms with Crippen molar-refractivity contribution in [2.45, 2.75) is 6.42 Å². The lowest BCUT2D eigenvalue weighted by molar-refractivity contribution is -0.132. The van der Waals surface area contributed by atoms with E-state index in [0.29, 0.717) is 19.5 Å². The molecule has 0 atom stereocenters. The number of aromatic nitrogens is 1. The molecule has 90 valence electrons. The van der Waals surface area contributed by atoms with Crippen LogP contribution < -0.4 is 0 Å². The Balaban J connectivity index is 1.96. The van der Waals surface area contributed by atoms with Crippen molar-refractivity contribution in [1.82, 2.24) is 9.29 Å². The van der Waals surface area contributed by atoms with Crippen LogP contribution >= 0.6 is 0 Å². The molecule has 7 heteroatoms. The summed E-state index contributed by atoms with van der Waals surface area (Å²) in [6.07, 6.45) is 5.35. The summed E-state index contributed by atoms with van der Waals surface area (Å²) in [7, 11) is 0.450. The van der Waals surface area contributed by atoms with Crippen LogP contribution in [0.3, 0.4) is 0 Å². The number of fused-ring (bicyclic) bond motifs is 2. The van der Waals surface area contributed by atoms with Crippen molar-refractivity contribution in [3.63, 3.8) is 0 Å². The normalized spacial score (nSPS) is 16.3. The Morgan fingerprint density at radius 1 is 1.28 bits per heavy atom.